The Labute approximate surface area is 176 Å². The molecule has 0 aliphatic carbocycles. The quantitative estimate of drug-likeness (QED) is 0.559. The van der Waals surface area contributed by atoms with Crippen molar-refractivity contribution in [2.45, 2.75) is 32.0 Å². The second-order valence-corrected chi connectivity index (χ2v) is 7.51. The number of aliphatic imine (C=N–C) groups is 1. The van der Waals surface area contributed by atoms with Gasteiger partial charge in [0.2, 0.25) is 0 Å². The molecule has 1 saturated heterocycles. The van der Waals surface area contributed by atoms with Crippen molar-refractivity contribution in [3.05, 3.63) is 64.7 Å². The third-order valence-electron chi connectivity index (χ3n) is 4.77. The Morgan fingerprint density at radius 2 is 2.03 bits per heavy atom. The van der Waals surface area contributed by atoms with Crippen LogP contribution >= 0.6 is 11.6 Å². The monoisotopic (exact) mass is 414 g/mol. The van der Waals surface area contributed by atoms with Gasteiger partial charge in [-0.3, -0.25) is 9.79 Å². The van der Waals surface area contributed by atoms with Gasteiger partial charge in [0, 0.05) is 44.5 Å². The van der Waals surface area contributed by atoms with E-state index in [9.17, 15) is 4.79 Å². The maximum Gasteiger partial charge on any atom is 0.253 e. The second-order valence-electron chi connectivity index (χ2n) is 7.07. The molecule has 1 aliphatic rings. The van der Waals surface area contributed by atoms with Crippen molar-refractivity contribution in [2.75, 3.05) is 26.0 Å². The fourth-order valence-electron chi connectivity index (χ4n) is 3.27. The van der Waals surface area contributed by atoms with Crippen molar-refractivity contribution < 1.29 is 9.53 Å². The predicted octanol–water partition coefficient (Wildman–Crippen LogP) is 3.66. The van der Waals surface area contributed by atoms with Crippen LogP contribution in [0.15, 0.2) is 53.5 Å². The summed E-state index contributed by atoms with van der Waals surface area (Å²) in [6, 6.07) is 15.6. The van der Waals surface area contributed by atoms with Gasteiger partial charge in [0.25, 0.3) is 5.91 Å². The smallest absolute Gasteiger partial charge is 0.253 e. The van der Waals surface area contributed by atoms with Crippen LogP contribution in [0.25, 0.3) is 0 Å². The highest BCUT2D eigenvalue weighted by Crippen LogP contribution is 2.16. The highest BCUT2D eigenvalue weighted by Gasteiger charge is 2.23. The first-order valence-corrected chi connectivity index (χ1v) is 10.1. The number of anilines is 1. The molecule has 2 N–H and O–H groups in total. The molecule has 1 amide bonds. The average Bonchev–Trinajstić information content (AvgIpc) is 3.26. The van der Waals surface area contributed by atoms with Crippen LogP contribution in [-0.4, -0.2) is 43.6 Å². The number of ether oxygens (including phenoxy) is 1. The zero-order valence-electron chi connectivity index (χ0n) is 16.8. The molecule has 1 atom stereocenters. The summed E-state index contributed by atoms with van der Waals surface area (Å²) in [7, 11) is 3.75. The molecule has 7 heteroatoms. The number of nitrogens with one attached hydrogen (secondary N) is 2. The van der Waals surface area contributed by atoms with Crippen molar-refractivity contribution in [3.63, 3.8) is 0 Å². The van der Waals surface area contributed by atoms with Crippen LogP contribution in [0.4, 0.5) is 5.69 Å². The Morgan fingerprint density at radius 1 is 1.24 bits per heavy atom. The van der Waals surface area contributed by atoms with E-state index in [0.29, 0.717) is 19.7 Å². The summed E-state index contributed by atoms with van der Waals surface area (Å²) in [5, 5.41) is 7.04. The zero-order valence-corrected chi connectivity index (χ0v) is 17.6. The molecule has 0 saturated carbocycles. The SMILES string of the molecule is CN=C(NCc1cccc(NC(=O)C2CCCO2)c1)N(C)Cc1ccc(Cl)cc1. The van der Waals surface area contributed by atoms with Crippen molar-refractivity contribution in [1.82, 2.24) is 10.2 Å². The Bertz CT molecular complexity index is 848. The Balaban J connectivity index is 1.54. The van der Waals surface area contributed by atoms with Crippen LogP contribution in [0.2, 0.25) is 5.02 Å². The van der Waals surface area contributed by atoms with Gasteiger partial charge >= 0.3 is 0 Å². The molecule has 154 valence electrons. The van der Waals surface area contributed by atoms with Crippen LogP contribution < -0.4 is 10.6 Å². The standard InChI is InChI=1S/C22H27ClN4O2/c1-24-22(27(2)15-16-8-10-18(23)11-9-16)25-14-17-5-3-6-19(13-17)26-21(28)20-7-4-12-29-20/h3,5-6,8-11,13,20H,4,7,12,14-15H2,1-2H3,(H,24,25)(H,26,28). The van der Waals surface area contributed by atoms with Crippen LogP contribution in [0.5, 0.6) is 0 Å². The van der Waals surface area contributed by atoms with Crippen molar-refractivity contribution in [3.8, 4) is 0 Å². The first-order valence-electron chi connectivity index (χ1n) is 9.73. The van der Waals surface area contributed by atoms with Gasteiger partial charge in [0.05, 0.1) is 0 Å². The topological polar surface area (TPSA) is 66.0 Å². The van der Waals surface area contributed by atoms with E-state index in [4.69, 9.17) is 16.3 Å². The summed E-state index contributed by atoms with van der Waals surface area (Å²) < 4.78 is 5.44. The number of carbonyl (C=O) groups is 1. The number of hydrogen-bond donors (Lipinski definition) is 2. The lowest BCUT2D eigenvalue weighted by Crippen LogP contribution is -2.38. The number of hydrogen-bond acceptors (Lipinski definition) is 3. The molecule has 1 aliphatic heterocycles. The lowest BCUT2D eigenvalue weighted by molar-refractivity contribution is -0.124. The van der Waals surface area contributed by atoms with Crippen LogP contribution in [0, 0.1) is 0 Å². The zero-order chi connectivity index (χ0) is 20.6. The summed E-state index contributed by atoms with van der Waals surface area (Å²) in [6.07, 6.45) is 1.38. The molecular weight excluding hydrogens is 388 g/mol. The van der Waals surface area contributed by atoms with Gasteiger partial charge in [0.1, 0.15) is 6.10 Å². The fourth-order valence-corrected chi connectivity index (χ4v) is 3.40. The minimum absolute atomic E-state index is 0.0777. The van der Waals surface area contributed by atoms with E-state index in [1.807, 2.05) is 60.5 Å². The van der Waals surface area contributed by atoms with Gasteiger partial charge in [-0.05, 0) is 48.2 Å². The van der Waals surface area contributed by atoms with Gasteiger partial charge in [-0.2, -0.15) is 0 Å². The fraction of sp³-hybridized carbons (Fsp3) is 0.364. The third kappa shape index (κ3) is 6.21. The summed E-state index contributed by atoms with van der Waals surface area (Å²) in [5.41, 5.74) is 2.98. The average molecular weight is 415 g/mol. The molecule has 1 unspecified atom stereocenters. The number of benzene rings is 2. The molecule has 0 spiro atoms. The molecule has 1 heterocycles. The highest BCUT2D eigenvalue weighted by molar-refractivity contribution is 6.30. The second kappa shape index (κ2) is 10.3. The first-order chi connectivity index (χ1) is 14.0. The third-order valence-corrected chi connectivity index (χ3v) is 5.03. The highest BCUT2D eigenvalue weighted by atomic mass is 35.5. The minimum atomic E-state index is -0.336. The van der Waals surface area contributed by atoms with Gasteiger partial charge in [-0.15, -0.1) is 0 Å². The maximum atomic E-state index is 12.2. The summed E-state index contributed by atoms with van der Waals surface area (Å²) in [4.78, 5) is 18.6. The normalized spacial score (nSPS) is 16.5. The van der Waals surface area contributed by atoms with E-state index >= 15 is 0 Å². The van der Waals surface area contributed by atoms with Gasteiger partial charge in [-0.25, -0.2) is 0 Å². The van der Waals surface area contributed by atoms with Crippen molar-refractivity contribution >= 4 is 29.2 Å². The van der Waals surface area contributed by atoms with E-state index in [0.717, 1.165) is 40.6 Å². The summed E-state index contributed by atoms with van der Waals surface area (Å²) in [6.45, 7) is 1.97. The molecule has 29 heavy (non-hydrogen) atoms. The van der Waals surface area contributed by atoms with Crippen LogP contribution in [0.1, 0.15) is 24.0 Å². The lowest BCUT2D eigenvalue weighted by atomic mass is 10.2. The first kappa shape index (κ1) is 21.1. The number of nitrogens with zero attached hydrogens (tertiary/aromatic N) is 2. The van der Waals surface area contributed by atoms with Gasteiger partial charge in [0.15, 0.2) is 5.96 Å². The molecule has 0 bridgehead atoms. The Kier molecular flexibility index (Phi) is 7.49. The number of guanidine groups is 1. The molecule has 3 rings (SSSR count). The molecule has 2 aromatic rings. The number of carbonyl (C=O) groups excluding carboxylic acids is 1. The van der Waals surface area contributed by atoms with E-state index in [-0.39, 0.29) is 12.0 Å². The molecular formula is C22H27ClN4O2. The number of rotatable bonds is 6. The molecule has 1 fully saturated rings. The van der Waals surface area contributed by atoms with E-state index < -0.39 is 0 Å². The number of halogens is 1. The van der Waals surface area contributed by atoms with E-state index in [1.54, 1.807) is 7.05 Å². The Hall–Kier alpha value is -2.57. The van der Waals surface area contributed by atoms with Crippen molar-refractivity contribution in [1.29, 1.82) is 0 Å². The molecule has 2 aromatic carbocycles. The largest absolute Gasteiger partial charge is 0.368 e. The lowest BCUT2D eigenvalue weighted by Gasteiger charge is -2.22. The van der Waals surface area contributed by atoms with Crippen LogP contribution in [-0.2, 0) is 22.6 Å². The molecule has 0 aromatic heterocycles. The minimum Gasteiger partial charge on any atom is -0.368 e. The molecule has 6 nitrogen and oxygen atoms in total. The predicted molar refractivity (Wildman–Crippen MR) is 117 cm³/mol. The maximum absolute atomic E-state index is 12.2. The summed E-state index contributed by atoms with van der Waals surface area (Å²) in [5.74, 6) is 0.708. The van der Waals surface area contributed by atoms with Crippen molar-refractivity contribution in [2.24, 2.45) is 4.99 Å². The Morgan fingerprint density at radius 3 is 2.72 bits per heavy atom. The van der Waals surface area contributed by atoms with E-state index in [1.165, 1.54) is 0 Å². The number of amides is 1. The molecule has 0 radical (unpaired) electrons. The van der Waals surface area contributed by atoms with Crippen LogP contribution in [0.3, 0.4) is 0 Å². The van der Waals surface area contributed by atoms with Gasteiger partial charge < -0.3 is 20.3 Å². The summed E-state index contributed by atoms with van der Waals surface area (Å²) >= 11 is 5.95. The van der Waals surface area contributed by atoms with Gasteiger partial charge in [-0.1, -0.05) is 35.9 Å². The van der Waals surface area contributed by atoms with E-state index in [2.05, 4.69) is 15.6 Å².